The SMILES string of the molecule is Cc1nocc1CNC(=O)[C@H]1CCN1C(=O)OC(C)(C)C. The van der Waals surface area contributed by atoms with E-state index in [4.69, 9.17) is 9.26 Å². The van der Waals surface area contributed by atoms with Crippen molar-refractivity contribution >= 4 is 12.0 Å². The molecule has 0 radical (unpaired) electrons. The predicted octanol–water partition coefficient (Wildman–Crippen LogP) is 1.61. The fourth-order valence-corrected chi connectivity index (χ4v) is 1.98. The minimum Gasteiger partial charge on any atom is -0.444 e. The Morgan fingerprint density at radius 1 is 1.52 bits per heavy atom. The molecule has 1 aromatic rings. The van der Waals surface area contributed by atoms with Gasteiger partial charge in [-0.25, -0.2) is 4.79 Å². The van der Waals surface area contributed by atoms with Crippen LogP contribution in [-0.2, 0) is 16.1 Å². The summed E-state index contributed by atoms with van der Waals surface area (Å²) in [7, 11) is 0. The van der Waals surface area contributed by atoms with E-state index in [0.29, 0.717) is 19.5 Å². The summed E-state index contributed by atoms with van der Waals surface area (Å²) in [6, 6.07) is -0.458. The molecule has 1 saturated heterocycles. The largest absolute Gasteiger partial charge is 0.444 e. The van der Waals surface area contributed by atoms with Crippen LogP contribution >= 0.6 is 0 Å². The van der Waals surface area contributed by atoms with Crippen molar-refractivity contribution in [1.29, 1.82) is 0 Å². The predicted molar refractivity (Wildman–Crippen MR) is 74.4 cm³/mol. The molecule has 1 aromatic heterocycles. The first-order chi connectivity index (χ1) is 9.78. The molecule has 1 atom stereocenters. The van der Waals surface area contributed by atoms with Gasteiger partial charge >= 0.3 is 6.09 Å². The summed E-state index contributed by atoms with van der Waals surface area (Å²) in [5, 5.41) is 6.53. The molecule has 116 valence electrons. The lowest BCUT2D eigenvalue weighted by atomic mass is 10.0. The molecule has 0 saturated carbocycles. The zero-order valence-electron chi connectivity index (χ0n) is 12.8. The Bertz CT molecular complexity index is 533. The molecule has 0 aromatic carbocycles. The molecular formula is C14H21N3O4. The molecule has 1 N–H and O–H groups in total. The van der Waals surface area contributed by atoms with Crippen LogP contribution in [0.3, 0.4) is 0 Å². The lowest BCUT2D eigenvalue weighted by Crippen LogP contribution is -2.59. The molecule has 0 spiro atoms. The molecule has 2 amide bonds. The molecule has 2 rings (SSSR count). The molecule has 1 aliphatic rings. The van der Waals surface area contributed by atoms with Crippen LogP contribution in [-0.4, -0.2) is 40.2 Å². The summed E-state index contributed by atoms with van der Waals surface area (Å²) >= 11 is 0. The van der Waals surface area contributed by atoms with Gasteiger partial charge in [0.2, 0.25) is 5.91 Å². The fourth-order valence-electron chi connectivity index (χ4n) is 1.98. The topological polar surface area (TPSA) is 84.7 Å². The number of hydrogen-bond acceptors (Lipinski definition) is 5. The average molecular weight is 295 g/mol. The summed E-state index contributed by atoms with van der Waals surface area (Å²) in [6.07, 6.45) is 1.70. The highest BCUT2D eigenvalue weighted by Gasteiger charge is 2.39. The van der Waals surface area contributed by atoms with Crippen LogP contribution in [0.25, 0.3) is 0 Å². The van der Waals surface area contributed by atoms with Gasteiger partial charge in [0.25, 0.3) is 0 Å². The average Bonchev–Trinajstić information content (AvgIpc) is 2.68. The number of carbonyl (C=O) groups excluding carboxylic acids is 2. The molecule has 0 aliphatic carbocycles. The maximum Gasteiger partial charge on any atom is 0.410 e. The first kappa shape index (κ1) is 15.3. The van der Waals surface area contributed by atoms with Crippen LogP contribution in [0.15, 0.2) is 10.8 Å². The van der Waals surface area contributed by atoms with E-state index >= 15 is 0 Å². The highest BCUT2D eigenvalue weighted by molar-refractivity contribution is 5.87. The van der Waals surface area contributed by atoms with Gasteiger partial charge in [0.1, 0.15) is 17.9 Å². The van der Waals surface area contributed by atoms with Crippen molar-refractivity contribution in [3.05, 3.63) is 17.5 Å². The van der Waals surface area contributed by atoms with Gasteiger partial charge in [-0.3, -0.25) is 9.69 Å². The zero-order valence-corrected chi connectivity index (χ0v) is 12.8. The van der Waals surface area contributed by atoms with Crippen LogP contribution in [0.1, 0.15) is 38.4 Å². The van der Waals surface area contributed by atoms with Crippen molar-refractivity contribution in [2.24, 2.45) is 0 Å². The molecular weight excluding hydrogens is 274 g/mol. The molecule has 21 heavy (non-hydrogen) atoms. The summed E-state index contributed by atoms with van der Waals surface area (Å²) in [5.74, 6) is -0.187. The maximum absolute atomic E-state index is 12.1. The third-order valence-corrected chi connectivity index (χ3v) is 3.25. The lowest BCUT2D eigenvalue weighted by molar-refractivity contribution is -0.130. The Kier molecular flexibility index (Phi) is 4.20. The highest BCUT2D eigenvalue weighted by atomic mass is 16.6. The molecule has 7 heteroatoms. The molecule has 2 heterocycles. The Labute approximate surface area is 123 Å². The number of rotatable bonds is 3. The first-order valence-corrected chi connectivity index (χ1v) is 6.95. The fraction of sp³-hybridized carbons (Fsp3) is 0.643. The van der Waals surface area contributed by atoms with Crippen molar-refractivity contribution in [2.75, 3.05) is 6.54 Å². The van der Waals surface area contributed by atoms with E-state index in [1.54, 1.807) is 27.7 Å². The van der Waals surface area contributed by atoms with Crippen LogP contribution in [0.2, 0.25) is 0 Å². The van der Waals surface area contributed by atoms with Crippen molar-refractivity contribution in [3.63, 3.8) is 0 Å². The molecule has 1 aliphatic heterocycles. The second-order valence-electron chi connectivity index (χ2n) is 6.12. The normalized spacial score (nSPS) is 18.1. The summed E-state index contributed by atoms with van der Waals surface area (Å²) < 4.78 is 10.1. The number of ether oxygens (including phenoxy) is 1. The van der Waals surface area contributed by atoms with Crippen LogP contribution in [0.5, 0.6) is 0 Å². The van der Waals surface area contributed by atoms with Crippen LogP contribution in [0, 0.1) is 6.92 Å². The second kappa shape index (κ2) is 5.75. The van der Waals surface area contributed by atoms with E-state index in [1.807, 2.05) is 0 Å². The summed E-state index contributed by atoms with van der Waals surface area (Å²) in [6.45, 7) is 8.09. The number of likely N-dealkylation sites (tertiary alicyclic amines) is 1. The van der Waals surface area contributed by atoms with E-state index in [0.717, 1.165) is 11.3 Å². The van der Waals surface area contributed by atoms with E-state index < -0.39 is 17.7 Å². The number of amides is 2. The monoisotopic (exact) mass is 295 g/mol. The Hall–Kier alpha value is -2.05. The number of nitrogens with one attached hydrogen (secondary N) is 1. The van der Waals surface area contributed by atoms with Gasteiger partial charge in [0.15, 0.2) is 0 Å². The lowest BCUT2D eigenvalue weighted by Gasteiger charge is -2.40. The number of nitrogens with zero attached hydrogens (tertiary/aromatic N) is 2. The summed E-state index contributed by atoms with van der Waals surface area (Å²) in [4.78, 5) is 25.5. The van der Waals surface area contributed by atoms with Gasteiger partial charge in [-0.1, -0.05) is 5.16 Å². The number of hydrogen-bond donors (Lipinski definition) is 1. The second-order valence-corrected chi connectivity index (χ2v) is 6.12. The summed E-state index contributed by atoms with van der Waals surface area (Å²) in [5.41, 5.74) is 1.01. The zero-order chi connectivity index (χ0) is 15.6. The van der Waals surface area contributed by atoms with E-state index in [1.165, 1.54) is 11.2 Å². The number of aromatic nitrogens is 1. The minimum atomic E-state index is -0.562. The van der Waals surface area contributed by atoms with Gasteiger partial charge < -0.3 is 14.6 Å². The van der Waals surface area contributed by atoms with Crippen molar-refractivity contribution in [2.45, 2.75) is 52.3 Å². The van der Waals surface area contributed by atoms with Crippen LogP contribution < -0.4 is 5.32 Å². The van der Waals surface area contributed by atoms with Crippen LogP contribution in [0.4, 0.5) is 4.79 Å². The standard InChI is InChI=1S/C14H21N3O4/c1-9-10(8-20-16-9)7-15-12(18)11-5-6-17(11)13(19)21-14(2,3)4/h8,11H,5-7H2,1-4H3,(H,15,18)/t11-/m1/s1. The van der Waals surface area contributed by atoms with Crippen molar-refractivity contribution in [1.82, 2.24) is 15.4 Å². The van der Waals surface area contributed by atoms with Crippen molar-refractivity contribution in [3.8, 4) is 0 Å². The smallest absolute Gasteiger partial charge is 0.410 e. The Morgan fingerprint density at radius 2 is 2.24 bits per heavy atom. The molecule has 1 fully saturated rings. The van der Waals surface area contributed by atoms with Crippen molar-refractivity contribution < 1.29 is 18.8 Å². The third kappa shape index (κ3) is 3.74. The van der Waals surface area contributed by atoms with E-state index in [2.05, 4.69) is 10.5 Å². The Morgan fingerprint density at radius 3 is 2.71 bits per heavy atom. The number of carbonyl (C=O) groups is 2. The van der Waals surface area contributed by atoms with Gasteiger partial charge in [-0.15, -0.1) is 0 Å². The van der Waals surface area contributed by atoms with Gasteiger partial charge in [-0.2, -0.15) is 0 Å². The highest BCUT2D eigenvalue weighted by Crippen LogP contribution is 2.21. The molecule has 7 nitrogen and oxygen atoms in total. The number of aryl methyl sites for hydroxylation is 1. The molecule has 0 unspecified atom stereocenters. The maximum atomic E-state index is 12.1. The van der Waals surface area contributed by atoms with Gasteiger partial charge in [-0.05, 0) is 34.1 Å². The first-order valence-electron chi connectivity index (χ1n) is 6.95. The minimum absolute atomic E-state index is 0.187. The van der Waals surface area contributed by atoms with E-state index in [9.17, 15) is 9.59 Å². The van der Waals surface area contributed by atoms with Gasteiger partial charge in [0.05, 0.1) is 5.69 Å². The quantitative estimate of drug-likeness (QED) is 0.915. The van der Waals surface area contributed by atoms with E-state index in [-0.39, 0.29) is 5.91 Å². The van der Waals surface area contributed by atoms with Gasteiger partial charge in [0, 0.05) is 18.7 Å². The Balaban J connectivity index is 1.86. The molecule has 0 bridgehead atoms. The third-order valence-electron chi connectivity index (χ3n) is 3.25.